The molecule has 0 spiro atoms. The highest BCUT2D eigenvalue weighted by molar-refractivity contribution is 9.10. The van der Waals surface area contributed by atoms with Crippen molar-refractivity contribution in [1.29, 1.82) is 0 Å². The van der Waals surface area contributed by atoms with Gasteiger partial charge in [-0.2, -0.15) is 0 Å². The molecule has 1 atom stereocenters. The van der Waals surface area contributed by atoms with E-state index in [4.69, 9.17) is 0 Å². The van der Waals surface area contributed by atoms with Crippen LogP contribution in [0.2, 0.25) is 0 Å². The summed E-state index contributed by atoms with van der Waals surface area (Å²) in [6.07, 6.45) is -0.365. The first kappa shape index (κ1) is 16.1. The predicted octanol–water partition coefficient (Wildman–Crippen LogP) is 2.75. The second-order valence-corrected chi connectivity index (χ2v) is 5.77. The van der Waals surface area contributed by atoms with Crippen LogP contribution in [0, 0.1) is 5.82 Å². The molecule has 0 aliphatic rings. The molecule has 0 bridgehead atoms. The van der Waals surface area contributed by atoms with Gasteiger partial charge >= 0.3 is 0 Å². The topological polar surface area (TPSA) is 40.5 Å². The second-order valence-electron chi connectivity index (χ2n) is 4.91. The van der Waals surface area contributed by atoms with Gasteiger partial charge in [0.15, 0.2) is 0 Å². The highest BCUT2D eigenvalue weighted by Crippen LogP contribution is 2.18. The van der Waals surface area contributed by atoms with Gasteiger partial charge in [0.25, 0.3) is 0 Å². The van der Waals surface area contributed by atoms with E-state index in [0.717, 1.165) is 5.56 Å². The van der Waals surface area contributed by atoms with Gasteiger partial charge in [-0.05, 0) is 54.4 Å². The summed E-state index contributed by atoms with van der Waals surface area (Å²) in [5.74, 6) is -0.421. The summed E-state index contributed by atoms with van der Waals surface area (Å²) < 4.78 is 13.5. The molecule has 0 aliphatic heterocycles. The molecule has 0 aliphatic carbocycles. The molecule has 0 fully saturated rings. The van der Waals surface area contributed by atoms with Crippen LogP contribution in [0.1, 0.15) is 26.3 Å². The van der Waals surface area contributed by atoms with Crippen LogP contribution in [-0.4, -0.2) is 34.6 Å². The van der Waals surface area contributed by atoms with Gasteiger partial charge < -0.3 is 10.0 Å². The van der Waals surface area contributed by atoms with Gasteiger partial charge in [-0.15, -0.1) is 0 Å². The molecule has 0 aromatic heterocycles. The average molecular weight is 332 g/mol. The van der Waals surface area contributed by atoms with Gasteiger partial charge in [-0.1, -0.05) is 6.07 Å². The summed E-state index contributed by atoms with van der Waals surface area (Å²) in [4.78, 5) is 13.8. The lowest BCUT2D eigenvalue weighted by molar-refractivity contribution is -0.133. The number of carbonyl (C=O) groups excluding carboxylic acids is 1. The third-order valence-corrected chi connectivity index (χ3v) is 3.35. The molecule has 3 nitrogen and oxygen atoms in total. The number of aliphatic hydroxyl groups is 1. The highest BCUT2D eigenvalue weighted by atomic mass is 79.9. The van der Waals surface area contributed by atoms with Crippen LogP contribution in [0.15, 0.2) is 22.7 Å². The molecule has 0 radical (unpaired) electrons. The molecule has 0 heterocycles. The number of hydrogen-bond donors (Lipinski definition) is 1. The molecule has 1 amide bonds. The van der Waals surface area contributed by atoms with Crippen LogP contribution in [0.5, 0.6) is 0 Å². The molecule has 1 aromatic rings. The van der Waals surface area contributed by atoms with Gasteiger partial charge in [0.1, 0.15) is 5.82 Å². The molecule has 5 heteroatoms. The minimum Gasteiger partial charge on any atom is -0.392 e. The Morgan fingerprint density at radius 2 is 2.05 bits per heavy atom. The van der Waals surface area contributed by atoms with Crippen LogP contribution in [-0.2, 0) is 11.2 Å². The summed E-state index contributed by atoms with van der Waals surface area (Å²) >= 11 is 3.10. The van der Waals surface area contributed by atoms with Gasteiger partial charge in [-0.3, -0.25) is 4.79 Å². The Morgan fingerprint density at radius 3 is 2.53 bits per heavy atom. The summed E-state index contributed by atoms with van der Waals surface area (Å²) in [6, 6.07) is 4.56. The molecule has 1 unspecified atom stereocenters. The minimum absolute atomic E-state index is 0.0194. The fraction of sp³-hybridized carbons (Fsp3) is 0.500. The van der Waals surface area contributed by atoms with E-state index in [2.05, 4.69) is 15.9 Å². The maximum absolute atomic E-state index is 13.1. The number of hydrogen-bond acceptors (Lipinski definition) is 2. The quantitative estimate of drug-likeness (QED) is 0.901. The van der Waals surface area contributed by atoms with Crippen LogP contribution >= 0.6 is 15.9 Å². The number of carbonyl (C=O) groups is 1. The first-order valence-corrected chi connectivity index (χ1v) is 7.02. The van der Waals surface area contributed by atoms with Crippen LogP contribution in [0.3, 0.4) is 0 Å². The van der Waals surface area contributed by atoms with Crippen LogP contribution in [0.25, 0.3) is 0 Å². The zero-order valence-corrected chi connectivity index (χ0v) is 12.9. The number of amides is 1. The SMILES string of the molecule is CC(O)CN(C(=O)Cc1ccc(F)c(Br)c1)C(C)C. The van der Waals surface area contributed by atoms with Crippen molar-refractivity contribution in [3.05, 3.63) is 34.1 Å². The monoisotopic (exact) mass is 331 g/mol. The maximum Gasteiger partial charge on any atom is 0.227 e. The Labute approximate surface area is 121 Å². The largest absolute Gasteiger partial charge is 0.392 e. The molecule has 1 aromatic carbocycles. The standard InChI is InChI=1S/C14H19BrFNO2/c1-9(2)17(8-10(3)18)14(19)7-11-4-5-13(16)12(15)6-11/h4-6,9-10,18H,7-8H2,1-3H3. The van der Waals surface area contributed by atoms with Crippen molar-refractivity contribution in [3.63, 3.8) is 0 Å². The lowest BCUT2D eigenvalue weighted by Crippen LogP contribution is -2.42. The van der Waals surface area contributed by atoms with E-state index in [1.54, 1.807) is 24.0 Å². The van der Waals surface area contributed by atoms with Crippen molar-refractivity contribution in [2.75, 3.05) is 6.54 Å². The van der Waals surface area contributed by atoms with Crippen molar-refractivity contribution in [2.24, 2.45) is 0 Å². The predicted molar refractivity (Wildman–Crippen MR) is 76.3 cm³/mol. The molecule has 19 heavy (non-hydrogen) atoms. The molecular weight excluding hydrogens is 313 g/mol. The van der Waals surface area contributed by atoms with E-state index in [9.17, 15) is 14.3 Å². The Kier molecular flexibility index (Phi) is 5.94. The number of aliphatic hydroxyl groups excluding tert-OH is 1. The fourth-order valence-electron chi connectivity index (χ4n) is 1.81. The Bertz CT molecular complexity index is 449. The third kappa shape index (κ3) is 4.91. The number of benzene rings is 1. The smallest absolute Gasteiger partial charge is 0.227 e. The summed E-state index contributed by atoms with van der Waals surface area (Å²) in [6.45, 7) is 5.76. The van der Waals surface area contributed by atoms with Crippen molar-refractivity contribution in [1.82, 2.24) is 4.90 Å². The van der Waals surface area contributed by atoms with Crippen LogP contribution in [0.4, 0.5) is 4.39 Å². The van der Waals surface area contributed by atoms with E-state index in [1.165, 1.54) is 6.07 Å². The minimum atomic E-state index is -0.564. The number of rotatable bonds is 5. The second kappa shape index (κ2) is 7.01. The first-order chi connectivity index (χ1) is 8.81. The first-order valence-electron chi connectivity index (χ1n) is 6.22. The maximum atomic E-state index is 13.1. The van der Waals surface area contributed by atoms with Gasteiger partial charge in [0, 0.05) is 12.6 Å². The van der Waals surface area contributed by atoms with E-state index in [1.807, 2.05) is 13.8 Å². The van der Waals surface area contributed by atoms with Crippen molar-refractivity contribution >= 4 is 21.8 Å². The van der Waals surface area contributed by atoms with E-state index in [-0.39, 0.29) is 24.2 Å². The lowest BCUT2D eigenvalue weighted by Gasteiger charge is -2.28. The van der Waals surface area contributed by atoms with Gasteiger partial charge in [-0.25, -0.2) is 4.39 Å². The lowest BCUT2D eigenvalue weighted by atomic mass is 10.1. The van der Waals surface area contributed by atoms with E-state index in [0.29, 0.717) is 11.0 Å². The van der Waals surface area contributed by atoms with Crippen LogP contribution < -0.4 is 0 Å². The third-order valence-electron chi connectivity index (χ3n) is 2.74. The van der Waals surface area contributed by atoms with Gasteiger partial charge in [0.2, 0.25) is 5.91 Å². The molecule has 0 saturated heterocycles. The molecule has 1 rings (SSSR count). The van der Waals surface area contributed by atoms with Crippen molar-refractivity contribution in [3.8, 4) is 0 Å². The average Bonchev–Trinajstić information content (AvgIpc) is 2.30. The fourth-order valence-corrected chi connectivity index (χ4v) is 2.24. The zero-order chi connectivity index (χ0) is 14.6. The molecular formula is C14H19BrFNO2. The van der Waals surface area contributed by atoms with Crippen molar-refractivity contribution < 1.29 is 14.3 Å². The summed E-state index contributed by atoms with van der Waals surface area (Å²) in [7, 11) is 0. The zero-order valence-electron chi connectivity index (χ0n) is 11.4. The van der Waals surface area contributed by atoms with E-state index < -0.39 is 6.10 Å². The van der Waals surface area contributed by atoms with E-state index >= 15 is 0 Å². The number of halogens is 2. The summed E-state index contributed by atoms with van der Waals surface area (Å²) in [5, 5.41) is 9.42. The molecule has 1 N–H and O–H groups in total. The highest BCUT2D eigenvalue weighted by Gasteiger charge is 2.19. The Hall–Kier alpha value is -0.940. The normalized spacial score (nSPS) is 12.6. The molecule has 106 valence electrons. The van der Waals surface area contributed by atoms with Crippen molar-refractivity contribution in [2.45, 2.75) is 39.3 Å². The molecule has 0 saturated carbocycles. The number of nitrogens with zero attached hydrogens (tertiary/aromatic N) is 1. The van der Waals surface area contributed by atoms with Gasteiger partial charge in [0.05, 0.1) is 17.0 Å². The Balaban J connectivity index is 2.78. The Morgan fingerprint density at radius 1 is 1.42 bits per heavy atom. The summed E-state index contributed by atoms with van der Waals surface area (Å²) in [5.41, 5.74) is 0.745.